The smallest absolute Gasteiger partial charge is 0.342 e. The van der Waals surface area contributed by atoms with Gasteiger partial charge >= 0.3 is 6.03 Å². The first-order valence-electron chi connectivity index (χ1n) is 3.59. The second-order valence-electron chi connectivity index (χ2n) is 2.51. The molecule has 4 heteroatoms. The van der Waals surface area contributed by atoms with E-state index in [4.69, 9.17) is 4.74 Å². The Labute approximate surface area is 65.9 Å². The molecular weight excluding hydrogens is 144 g/mol. The van der Waals surface area contributed by atoms with Crippen LogP contribution in [0.25, 0.3) is 0 Å². The van der Waals surface area contributed by atoms with E-state index in [2.05, 4.69) is 4.99 Å². The number of likely N-dealkylation sites (N-methyl/N-ethyl adjacent to an activating group) is 1. The maximum atomic E-state index is 11.0. The van der Waals surface area contributed by atoms with E-state index in [9.17, 15) is 4.79 Å². The van der Waals surface area contributed by atoms with Gasteiger partial charge in [0.2, 0.25) is 0 Å². The molecule has 1 heterocycles. The van der Waals surface area contributed by atoms with Crippen LogP contribution in [-0.4, -0.2) is 43.4 Å². The molecule has 0 aromatic rings. The molecule has 1 aliphatic heterocycles. The zero-order chi connectivity index (χ0) is 8.27. The van der Waals surface area contributed by atoms with E-state index < -0.39 is 0 Å². The highest BCUT2D eigenvalue weighted by Gasteiger charge is 2.25. The van der Waals surface area contributed by atoms with Gasteiger partial charge < -0.3 is 9.64 Å². The quantitative estimate of drug-likeness (QED) is 0.432. The number of urea groups is 1. The van der Waals surface area contributed by atoms with E-state index in [0.717, 1.165) is 6.61 Å². The molecule has 11 heavy (non-hydrogen) atoms. The monoisotopic (exact) mass is 156 g/mol. The molecule has 0 bridgehead atoms. The zero-order valence-electron chi connectivity index (χ0n) is 6.78. The number of carbonyl (C=O) groups excluding carboxylic acids is 1. The highest BCUT2D eigenvalue weighted by Crippen LogP contribution is 2.09. The van der Waals surface area contributed by atoms with Gasteiger partial charge in [0.25, 0.3) is 0 Å². The van der Waals surface area contributed by atoms with Crippen molar-refractivity contribution in [1.82, 2.24) is 4.90 Å². The highest BCUT2D eigenvalue weighted by molar-refractivity contribution is 5.82. The molecule has 0 spiro atoms. The van der Waals surface area contributed by atoms with Crippen LogP contribution in [0.1, 0.15) is 6.92 Å². The van der Waals surface area contributed by atoms with Crippen molar-refractivity contribution < 1.29 is 9.53 Å². The molecular formula is C7H12N2O2. The van der Waals surface area contributed by atoms with Gasteiger partial charge in [-0.2, -0.15) is 0 Å². The Kier molecular flexibility index (Phi) is 2.59. The van der Waals surface area contributed by atoms with Crippen LogP contribution in [0.3, 0.4) is 0 Å². The van der Waals surface area contributed by atoms with Gasteiger partial charge in [0.15, 0.2) is 0 Å². The summed E-state index contributed by atoms with van der Waals surface area (Å²) in [5.74, 6) is 0. The number of carbonyl (C=O) groups is 1. The minimum absolute atomic E-state index is 0.206. The van der Waals surface area contributed by atoms with Crippen LogP contribution in [0.2, 0.25) is 0 Å². The molecule has 0 aromatic carbocycles. The van der Waals surface area contributed by atoms with Gasteiger partial charge in [-0.25, -0.2) is 9.79 Å². The van der Waals surface area contributed by atoms with Crippen LogP contribution in [0, 0.1) is 0 Å². The van der Waals surface area contributed by atoms with Crippen LogP contribution < -0.4 is 0 Å². The summed E-state index contributed by atoms with van der Waals surface area (Å²) in [4.78, 5) is 16.1. The van der Waals surface area contributed by atoms with Gasteiger partial charge in [0.1, 0.15) is 0 Å². The summed E-state index contributed by atoms with van der Waals surface area (Å²) in [6.45, 7) is 3.14. The number of ether oxygens (including phenoxy) is 1. The van der Waals surface area contributed by atoms with Crippen molar-refractivity contribution in [2.45, 2.75) is 13.0 Å². The third-order valence-corrected chi connectivity index (χ3v) is 1.45. The van der Waals surface area contributed by atoms with Crippen molar-refractivity contribution in [2.24, 2.45) is 4.99 Å². The van der Waals surface area contributed by atoms with Crippen molar-refractivity contribution >= 4 is 12.2 Å². The van der Waals surface area contributed by atoms with Crippen molar-refractivity contribution in [3.05, 3.63) is 0 Å². The third kappa shape index (κ3) is 2.67. The summed E-state index contributed by atoms with van der Waals surface area (Å²) in [7, 11) is 1.72. The second kappa shape index (κ2) is 3.48. The Hall–Kier alpha value is -0.900. The Bertz CT molecular complexity index is 175. The molecule has 0 aliphatic carbocycles. The molecule has 0 radical (unpaired) electrons. The molecule has 1 unspecified atom stereocenters. The Morgan fingerprint density at radius 3 is 3.00 bits per heavy atom. The van der Waals surface area contributed by atoms with Crippen molar-refractivity contribution in [3.63, 3.8) is 0 Å². The van der Waals surface area contributed by atoms with Crippen molar-refractivity contribution in [2.75, 3.05) is 20.2 Å². The van der Waals surface area contributed by atoms with Gasteiger partial charge in [-0.05, 0) is 6.92 Å². The minimum atomic E-state index is -0.206. The fourth-order valence-corrected chi connectivity index (χ4v) is 0.766. The fourth-order valence-electron chi connectivity index (χ4n) is 0.766. The molecule has 1 atom stereocenters. The summed E-state index contributed by atoms with van der Waals surface area (Å²) in [6, 6.07) is -0.206. The molecule has 4 nitrogen and oxygen atoms in total. The molecule has 62 valence electrons. The second-order valence-corrected chi connectivity index (χ2v) is 2.51. The topological polar surface area (TPSA) is 45.2 Å². The number of rotatable bonds is 2. The minimum Gasteiger partial charge on any atom is -0.371 e. The lowest BCUT2D eigenvalue weighted by Gasteiger charge is -2.11. The van der Waals surface area contributed by atoms with E-state index in [-0.39, 0.29) is 12.1 Å². The van der Waals surface area contributed by atoms with Crippen LogP contribution in [0.15, 0.2) is 4.99 Å². The standard InChI is InChI=1S/C7H12N2O2/c1-3-8-7(10)9(2)4-6-5-11-6/h3,6H,4-5H2,1-2H3/b8-3+. The van der Waals surface area contributed by atoms with E-state index >= 15 is 0 Å². The lowest BCUT2D eigenvalue weighted by atomic mass is 10.4. The van der Waals surface area contributed by atoms with Crippen LogP contribution in [-0.2, 0) is 4.74 Å². The normalized spacial score (nSPS) is 22.2. The first-order chi connectivity index (χ1) is 5.24. The van der Waals surface area contributed by atoms with Gasteiger partial charge in [-0.1, -0.05) is 0 Å². The SMILES string of the molecule is C/C=N/C(=O)N(C)CC1CO1. The van der Waals surface area contributed by atoms with Crippen LogP contribution in [0.5, 0.6) is 0 Å². The Morgan fingerprint density at radius 1 is 1.91 bits per heavy atom. The first-order valence-corrected chi connectivity index (χ1v) is 3.59. The summed E-state index contributed by atoms with van der Waals surface area (Å²) >= 11 is 0. The van der Waals surface area contributed by atoms with E-state index in [1.165, 1.54) is 6.21 Å². The molecule has 2 amide bonds. The number of epoxide rings is 1. The zero-order valence-corrected chi connectivity index (χ0v) is 6.78. The number of aliphatic imine (C=N–C) groups is 1. The average Bonchev–Trinajstić information content (AvgIpc) is 2.72. The average molecular weight is 156 g/mol. The molecule has 1 fully saturated rings. The van der Waals surface area contributed by atoms with E-state index in [0.29, 0.717) is 6.54 Å². The number of hydrogen-bond acceptors (Lipinski definition) is 2. The van der Waals surface area contributed by atoms with Crippen LogP contribution in [0.4, 0.5) is 4.79 Å². The van der Waals surface area contributed by atoms with E-state index in [1.807, 2.05) is 0 Å². The summed E-state index contributed by atoms with van der Waals surface area (Å²) in [6.07, 6.45) is 1.74. The number of nitrogens with zero attached hydrogens (tertiary/aromatic N) is 2. The van der Waals surface area contributed by atoms with Gasteiger partial charge in [-0.3, -0.25) is 0 Å². The molecule has 0 saturated carbocycles. The first kappa shape index (κ1) is 8.20. The fraction of sp³-hybridized carbons (Fsp3) is 0.714. The maximum Gasteiger partial charge on any atom is 0.342 e. The lowest BCUT2D eigenvalue weighted by Crippen LogP contribution is -2.27. The highest BCUT2D eigenvalue weighted by atomic mass is 16.6. The molecule has 1 saturated heterocycles. The Morgan fingerprint density at radius 2 is 2.55 bits per heavy atom. The summed E-state index contributed by atoms with van der Waals surface area (Å²) in [5.41, 5.74) is 0. The third-order valence-electron chi connectivity index (χ3n) is 1.45. The molecule has 1 aliphatic rings. The van der Waals surface area contributed by atoms with E-state index in [1.54, 1.807) is 18.9 Å². The van der Waals surface area contributed by atoms with Crippen LogP contribution >= 0.6 is 0 Å². The molecule has 0 aromatic heterocycles. The summed E-state index contributed by atoms with van der Waals surface area (Å²) < 4.78 is 4.96. The summed E-state index contributed by atoms with van der Waals surface area (Å²) in [5, 5.41) is 0. The van der Waals surface area contributed by atoms with Crippen molar-refractivity contribution in [3.8, 4) is 0 Å². The largest absolute Gasteiger partial charge is 0.371 e. The number of hydrogen-bond donors (Lipinski definition) is 0. The predicted molar refractivity (Wildman–Crippen MR) is 41.9 cm³/mol. The Balaban J connectivity index is 2.26. The predicted octanol–water partition coefficient (Wildman–Crippen LogP) is 0.528. The van der Waals surface area contributed by atoms with Gasteiger partial charge in [0.05, 0.1) is 19.3 Å². The molecule has 0 N–H and O–H groups in total. The van der Waals surface area contributed by atoms with Crippen molar-refractivity contribution in [1.29, 1.82) is 0 Å². The van der Waals surface area contributed by atoms with Gasteiger partial charge in [-0.15, -0.1) is 0 Å². The maximum absolute atomic E-state index is 11.0. The molecule has 1 rings (SSSR count). The number of amides is 2. The lowest BCUT2D eigenvalue weighted by molar-refractivity contribution is 0.213. The van der Waals surface area contributed by atoms with Gasteiger partial charge in [0, 0.05) is 13.3 Å².